The van der Waals surface area contributed by atoms with E-state index in [1.807, 2.05) is 0 Å². The lowest BCUT2D eigenvalue weighted by molar-refractivity contribution is 0.114. The van der Waals surface area contributed by atoms with Crippen LogP contribution in [0.1, 0.15) is 38.3 Å². The van der Waals surface area contributed by atoms with Gasteiger partial charge in [0.15, 0.2) is 9.76 Å². The summed E-state index contributed by atoms with van der Waals surface area (Å²) in [5, 5.41) is 0. The predicted molar refractivity (Wildman–Crippen MR) is 94.0 cm³/mol. The molecule has 0 saturated heterocycles. The lowest BCUT2D eigenvalue weighted by Gasteiger charge is -2.23. The molecule has 2 heteroatoms. The van der Waals surface area contributed by atoms with E-state index in [0.29, 0.717) is 0 Å². The largest absolute Gasteiger partial charge is 0.414 e. The highest BCUT2D eigenvalue weighted by atomic mass is 28.2. The summed E-state index contributed by atoms with van der Waals surface area (Å²) in [4.78, 5) is 0. The van der Waals surface area contributed by atoms with Crippen LogP contribution >= 0.6 is 0 Å². The van der Waals surface area contributed by atoms with Crippen LogP contribution in [0.4, 0.5) is 0 Å². The number of rotatable bonds is 6. The Labute approximate surface area is 130 Å². The van der Waals surface area contributed by atoms with Gasteiger partial charge in [-0.05, 0) is 37.0 Å². The van der Waals surface area contributed by atoms with E-state index in [-0.39, 0.29) is 5.60 Å². The third kappa shape index (κ3) is 4.69. The SMILES string of the molecule is CCC(C)(C)O[SiH2]C=C(c1ccccc1)c1ccccc1. The minimum absolute atomic E-state index is 0.0127. The maximum absolute atomic E-state index is 6.11. The highest BCUT2D eigenvalue weighted by molar-refractivity contribution is 6.37. The zero-order chi connectivity index (χ0) is 15.1. The van der Waals surface area contributed by atoms with Gasteiger partial charge in [0.25, 0.3) is 0 Å². The Morgan fingerprint density at radius 2 is 1.43 bits per heavy atom. The highest BCUT2D eigenvalue weighted by Crippen LogP contribution is 2.23. The summed E-state index contributed by atoms with van der Waals surface area (Å²) in [5.41, 5.74) is 6.11. The van der Waals surface area contributed by atoms with Gasteiger partial charge in [0, 0.05) is 0 Å². The van der Waals surface area contributed by atoms with E-state index < -0.39 is 9.76 Å². The molecule has 0 heterocycles. The zero-order valence-electron chi connectivity index (χ0n) is 13.2. The summed E-state index contributed by atoms with van der Waals surface area (Å²) < 4.78 is 6.11. The average Bonchev–Trinajstić information content (AvgIpc) is 2.53. The van der Waals surface area contributed by atoms with E-state index in [9.17, 15) is 0 Å². The molecule has 0 aliphatic carbocycles. The molecule has 2 aromatic carbocycles. The van der Waals surface area contributed by atoms with Gasteiger partial charge in [0.2, 0.25) is 0 Å². The first-order valence-electron chi connectivity index (χ1n) is 7.57. The maximum atomic E-state index is 6.11. The lowest BCUT2D eigenvalue weighted by atomic mass is 10.00. The summed E-state index contributed by atoms with van der Waals surface area (Å²) in [6.45, 7) is 6.50. The van der Waals surface area contributed by atoms with Crippen LogP contribution in [0.3, 0.4) is 0 Å². The first kappa shape index (κ1) is 15.7. The monoisotopic (exact) mass is 296 g/mol. The van der Waals surface area contributed by atoms with Gasteiger partial charge in [-0.1, -0.05) is 73.3 Å². The quantitative estimate of drug-likeness (QED) is 0.719. The van der Waals surface area contributed by atoms with Crippen molar-refractivity contribution in [2.24, 2.45) is 0 Å². The third-order valence-corrected chi connectivity index (χ3v) is 5.31. The normalized spacial score (nSPS) is 11.8. The van der Waals surface area contributed by atoms with Crippen LogP contribution in [0.5, 0.6) is 0 Å². The van der Waals surface area contributed by atoms with Crippen molar-refractivity contribution in [3.8, 4) is 0 Å². The van der Waals surface area contributed by atoms with Crippen molar-refractivity contribution in [3.63, 3.8) is 0 Å². The minimum Gasteiger partial charge on any atom is -0.414 e. The third-order valence-electron chi connectivity index (χ3n) is 3.78. The maximum Gasteiger partial charge on any atom is 0.186 e. The number of hydrogen-bond acceptors (Lipinski definition) is 1. The molecule has 0 unspecified atom stereocenters. The molecule has 0 N–H and O–H groups in total. The topological polar surface area (TPSA) is 9.23 Å². The fraction of sp³-hybridized carbons (Fsp3) is 0.263. The molecule has 0 fully saturated rings. The van der Waals surface area contributed by atoms with Gasteiger partial charge >= 0.3 is 0 Å². The number of hydrogen-bond donors (Lipinski definition) is 0. The van der Waals surface area contributed by atoms with E-state index in [1.165, 1.54) is 16.7 Å². The van der Waals surface area contributed by atoms with Crippen LogP contribution in [-0.2, 0) is 4.43 Å². The predicted octanol–water partition coefficient (Wildman–Crippen LogP) is 4.36. The summed E-state index contributed by atoms with van der Waals surface area (Å²) in [5.74, 6) is 0. The van der Waals surface area contributed by atoms with Crippen LogP contribution in [-0.4, -0.2) is 15.4 Å². The van der Waals surface area contributed by atoms with E-state index in [0.717, 1.165) is 6.42 Å². The van der Waals surface area contributed by atoms with Crippen molar-refractivity contribution in [2.75, 3.05) is 0 Å². The van der Waals surface area contributed by atoms with Crippen molar-refractivity contribution >= 4 is 15.3 Å². The van der Waals surface area contributed by atoms with Crippen molar-refractivity contribution in [2.45, 2.75) is 32.8 Å². The molecule has 21 heavy (non-hydrogen) atoms. The van der Waals surface area contributed by atoms with Crippen LogP contribution in [0.2, 0.25) is 0 Å². The first-order chi connectivity index (χ1) is 10.1. The zero-order valence-corrected chi connectivity index (χ0v) is 14.6. The molecular weight excluding hydrogens is 272 g/mol. The first-order valence-corrected chi connectivity index (χ1v) is 8.97. The summed E-state index contributed by atoms with van der Waals surface area (Å²) >= 11 is 0. The average molecular weight is 296 g/mol. The molecule has 0 amide bonds. The standard InChI is InChI=1S/C19H24OSi/c1-4-19(2,3)20-21-15-18(16-11-7-5-8-12-16)17-13-9-6-10-14-17/h5-15H,4,21H2,1-3H3. The van der Waals surface area contributed by atoms with Crippen molar-refractivity contribution in [1.29, 1.82) is 0 Å². The molecule has 2 rings (SSSR count). The molecule has 1 nitrogen and oxygen atoms in total. The fourth-order valence-corrected chi connectivity index (χ4v) is 3.47. The Morgan fingerprint density at radius 1 is 0.952 bits per heavy atom. The molecule has 0 aromatic heterocycles. The van der Waals surface area contributed by atoms with Crippen molar-refractivity contribution in [3.05, 3.63) is 77.5 Å². The van der Waals surface area contributed by atoms with Crippen molar-refractivity contribution < 1.29 is 4.43 Å². The summed E-state index contributed by atoms with van der Waals surface area (Å²) in [7, 11) is -0.701. The van der Waals surface area contributed by atoms with Gasteiger partial charge < -0.3 is 4.43 Å². The van der Waals surface area contributed by atoms with E-state index in [4.69, 9.17) is 4.43 Å². The molecule has 0 bridgehead atoms. The number of benzene rings is 2. The van der Waals surface area contributed by atoms with Gasteiger partial charge in [0.1, 0.15) is 0 Å². The lowest BCUT2D eigenvalue weighted by Crippen LogP contribution is -2.24. The highest BCUT2D eigenvalue weighted by Gasteiger charge is 2.14. The fourth-order valence-electron chi connectivity index (χ4n) is 2.09. The molecule has 0 radical (unpaired) electrons. The second-order valence-corrected chi connectivity index (χ2v) is 6.80. The van der Waals surface area contributed by atoms with Gasteiger partial charge in [-0.15, -0.1) is 0 Å². The molecule has 0 aliphatic heterocycles. The molecule has 0 saturated carbocycles. The van der Waals surface area contributed by atoms with E-state index in [2.05, 4.69) is 87.1 Å². The Morgan fingerprint density at radius 3 is 1.86 bits per heavy atom. The van der Waals surface area contributed by atoms with Crippen LogP contribution in [0.15, 0.2) is 66.4 Å². The van der Waals surface area contributed by atoms with Gasteiger partial charge in [0.05, 0.1) is 5.60 Å². The summed E-state index contributed by atoms with van der Waals surface area (Å²) in [6.07, 6.45) is 1.04. The van der Waals surface area contributed by atoms with Crippen molar-refractivity contribution in [1.82, 2.24) is 0 Å². The van der Waals surface area contributed by atoms with E-state index in [1.54, 1.807) is 0 Å². The Kier molecular flexibility index (Phi) is 5.54. The Hall–Kier alpha value is -1.64. The summed E-state index contributed by atoms with van der Waals surface area (Å²) in [6, 6.07) is 21.1. The Balaban J connectivity index is 2.25. The van der Waals surface area contributed by atoms with Gasteiger partial charge in [-0.2, -0.15) is 0 Å². The van der Waals surface area contributed by atoms with E-state index >= 15 is 0 Å². The van der Waals surface area contributed by atoms with Crippen LogP contribution in [0, 0.1) is 0 Å². The molecule has 0 aliphatic rings. The minimum atomic E-state index is -0.701. The van der Waals surface area contributed by atoms with Gasteiger partial charge in [-0.3, -0.25) is 0 Å². The smallest absolute Gasteiger partial charge is 0.186 e. The molecule has 0 atom stereocenters. The Bertz CT molecular complexity index is 532. The molecule has 110 valence electrons. The second kappa shape index (κ2) is 7.39. The van der Waals surface area contributed by atoms with Crippen LogP contribution in [0.25, 0.3) is 5.57 Å². The molecule has 2 aromatic rings. The second-order valence-electron chi connectivity index (χ2n) is 5.77. The molecule has 0 spiro atoms. The van der Waals surface area contributed by atoms with Gasteiger partial charge in [-0.25, -0.2) is 0 Å². The molecular formula is C19H24OSi. The van der Waals surface area contributed by atoms with Crippen LogP contribution < -0.4 is 0 Å².